The topological polar surface area (TPSA) is 50.4 Å². The third-order valence-electron chi connectivity index (χ3n) is 3.91. The predicted molar refractivity (Wildman–Crippen MR) is 79.6 cm³/mol. The van der Waals surface area contributed by atoms with Gasteiger partial charge in [-0.15, -0.1) is 0 Å². The number of amides is 1. The first kappa shape index (κ1) is 15.9. The zero-order valence-electron chi connectivity index (χ0n) is 12.8. The Balaban J connectivity index is 1.96. The summed E-state index contributed by atoms with van der Waals surface area (Å²) in [5.41, 5.74) is 0.528. The van der Waals surface area contributed by atoms with E-state index in [4.69, 9.17) is 4.74 Å². The van der Waals surface area contributed by atoms with Crippen LogP contribution in [-0.4, -0.2) is 37.7 Å². The van der Waals surface area contributed by atoms with Crippen LogP contribution in [0.25, 0.3) is 0 Å². The van der Waals surface area contributed by atoms with Crippen molar-refractivity contribution in [2.75, 3.05) is 19.7 Å². The Hall–Kier alpha value is -1.46. The molecule has 1 aliphatic heterocycles. The molecule has 4 nitrogen and oxygen atoms in total. The number of nitrogens with one attached hydrogen (secondary N) is 2. The van der Waals surface area contributed by atoms with Crippen LogP contribution in [0, 0.1) is 5.82 Å². The average molecular weight is 294 g/mol. The summed E-state index contributed by atoms with van der Waals surface area (Å²) in [6.45, 7) is 7.59. The predicted octanol–water partition coefficient (Wildman–Crippen LogP) is 1.60. The number of carbonyl (C=O) groups excluding carboxylic acids is 1. The molecule has 116 valence electrons. The lowest BCUT2D eigenvalue weighted by atomic mass is 9.84. The summed E-state index contributed by atoms with van der Waals surface area (Å²) in [4.78, 5) is 12.2. The zero-order valence-corrected chi connectivity index (χ0v) is 12.8. The molecule has 0 aliphatic carbocycles. The minimum atomic E-state index is -0.337. The van der Waals surface area contributed by atoms with Crippen LogP contribution in [0.1, 0.15) is 26.3 Å². The van der Waals surface area contributed by atoms with Gasteiger partial charge in [-0.3, -0.25) is 4.79 Å². The second-order valence-electron chi connectivity index (χ2n) is 6.12. The highest BCUT2D eigenvalue weighted by Crippen LogP contribution is 2.23. The molecule has 0 aromatic heterocycles. The van der Waals surface area contributed by atoms with Gasteiger partial charge in [0, 0.05) is 18.5 Å². The van der Waals surface area contributed by atoms with Gasteiger partial charge in [-0.1, -0.05) is 26.0 Å². The quantitative estimate of drug-likeness (QED) is 0.887. The van der Waals surface area contributed by atoms with Crippen molar-refractivity contribution < 1.29 is 13.9 Å². The van der Waals surface area contributed by atoms with Gasteiger partial charge in [-0.25, -0.2) is 4.39 Å². The van der Waals surface area contributed by atoms with E-state index < -0.39 is 0 Å². The van der Waals surface area contributed by atoms with E-state index in [0.29, 0.717) is 19.7 Å². The Morgan fingerprint density at radius 2 is 2.29 bits per heavy atom. The van der Waals surface area contributed by atoms with Crippen LogP contribution in [-0.2, 0) is 14.9 Å². The van der Waals surface area contributed by atoms with Crippen LogP contribution in [0.3, 0.4) is 0 Å². The summed E-state index contributed by atoms with van der Waals surface area (Å²) in [5.74, 6) is -0.338. The normalized spacial score (nSPS) is 22.9. The van der Waals surface area contributed by atoms with Crippen molar-refractivity contribution in [3.8, 4) is 0 Å². The van der Waals surface area contributed by atoms with E-state index in [0.717, 1.165) is 5.56 Å². The summed E-state index contributed by atoms with van der Waals surface area (Å²) in [7, 11) is 0. The zero-order chi connectivity index (χ0) is 15.5. The highest BCUT2D eigenvalue weighted by atomic mass is 19.1. The summed E-state index contributed by atoms with van der Waals surface area (Å²) in [6, 6.07) is 6.16. The highest BCUT2D eigenvalue weighted by Gasteiger charge is 2.30. The number of carbonyl (C=O) groups is 1. The molecule has 5 heteroatoms. The second-order valence-corrected chi connectivity index (χ2v) is 6.12. The molecule has 21 heavy (non-hydrogen) atoms. The Morgan fingerprint density at radius 1 is 1.52 bits per heavy atom. The highest BCUT2D eigenvalue weighted by molar-refractivity contribution is 5.82. The molecule has 2 atom stereocenters. The van der Waals surface area contributed by atoms with E-state index in [1.165, 1.54) is 12.1 Å². The smallest absolute Gasteiger partial charge is 0.239 e. The monoisotopic (exact) mass is 294 g/mol. The molecule has 1 aliphatic rings. The standard InChI is InChI=1S/C16H23FN2O2/c1-11-14(18-7-8-21-11)15(20)19-10-16(2,3)12-5-4-6-13(17)9-12/h4-6,9,11,14,18H,7-8,10H2,1-3H3,(H,19,20)/t11-,14+/m1/s1. The second kappa shape index (κ2) is 6.54. The van der Waals surface area contributed by atoms with Crippen LogP contribution in [0.5, 0.6) is 0 Å². The van der Waals surface area contributed by atoms with Gasteiger partial charge in [0.1, 0.15) is 11.9 Å². The van der Waals surface area contributed by atoms with E-state index in [1.807, 2.05) is 26.8 Å². The maximum absolute atomic E-state index is 13.3. The van der Waals surface area contributed by atoms with E-state index >= 15 is 0 Å². The number of morpholine rings is 1. The van der Waals surface area contributed by atoms with Gasteiger partial charge >= 0.3 is 0 Å². The van der Waals surface area contributed by atoms with Crippen molar-refractivity contribution in [3.05, 3.63) is 35.6 Å². The lowest BCUT2D eigenvalue weighted by Crippen LogP contribution is -2.56. The molecule has 0 radical (unpaired) electrons. The van der Waals surface area contributed by atoms with Crippen molar-refractivity contribution in [3.63, 3.8) is 0 Å². The van der Waals surface area contributed by atoms with Crippen molar-refractivity contribution in [2.24, 2.45) is 0 Å². The Morgan fingerprint density at radius 3 is 2.95 bits per heavy atom. The van der Waals surface area contributed by atoms with Gasteiger partial charge < -0.3 is 15.4 Å². The summed E-state index contributed by atoms with van der Waals surface area (Å²) >= 11 is 0. The minimum absolute atomic E-state index is 0.0771. The van der Waals surface area contributed by atoms with Gasteiger partial charge in [-0.2, -0.15) is 0 Å². The third kappa shape index (κ3) is 4.02. The minimum Gasteiger partial charge on any atom is -0.375 e. The summed E-state index contributed by atoms with van der Waals surface area (Å²) < 4.78 is 18.8. The largest absolute Gasteiger partial charge is 0.375 e. The lowest BCUT2D eigenvalue weighted by Gasteiger charge is -2.31. The first-order valence-electron chi connectivity index (χ1n) is 7.29. The van der Waals surface area contributed by atoms with Crippen LogP contribution in [0.15, 0.2) is 24.3 Å². The molecule has 0 bridgehead atoms. The fourth-order valence-corrected chi connectivity index (χ4v) is 2.46. The molecule has 2 N–H and O–H groups in total. The Labute approximate surface area is 125 Å². The van der Waals surface area contributed by atoms with Crippen LogP contribution in [0.2, 0.25) is 0 Å². The summed E-state index contributed by atoms with van der Waals surface area (Å²) in [6.07, 6.45) is -0.143. The molecule has 1 fully saturated rings. The number of hydrogen-bond acceptors (Lipinski definition) is 3. The van der Waals surface area contributed by atoms with Crippen molar-refractivity contribution in [2.45, 2.75) is 38.3 Å². The molecule has 1 saturated heterocycles. The fourth-order valence-electron chi connectivity index (χ4n) is 2.46. The molecule has 1 heterocycles. The van der Waals surface area contributed by atoms with Crippen molar-refractivity contribution in [1.29, 1.82) is 0 Å². The SMILES string of the molecule is C[C@H]1OCCN[C@@H]1C(=O)NCC(C)(C)c1cccc(F)c1. The van der Waals surface area contributed by atoms with E-state index in [2.05, 4.69) is 10.6 Å². The van der Waals surface area contributed by atoms with Crippen LogP contribution in [0.4, 0.5) is 4.39 Å². The van der Waals surface area contributed by atoms with Gasteiger partial charge in [0.05, 0.1) is 12.7 Å². The third-order valence-corrected chi connectivity index (χ3v) is 3.91. The Bertz CT molecular complexity index is 505. The van der Waals surface area contributed by atoms with E-state index in [-0.39, 0.29) is 29.3 Å². The first-order valence-corrected chi connectivity index (χ1v) is 7.29. The number of rotatable bonds is 4. The van der Waals surface area contributed by atoms with Gasteiger partial charge in [-0.05, 0) is 24.6 Å². The average Bonchev–Trinajstić information content (AvgIpc) is 2.45. The molecule has 1 amide bonds. The molecule has 0 spiro atoms. The number of halogens is 1. The molecule has 2 rings (SSSR count). The molecule has 1 aromatic rings. The molecule has 1 aromatic carbocycles. The number of benzene rings is 1. The molecular weight excluding hydrogens is 271 g/mol. The lowest BCUT2D eigenvalue weighted by molar-refractivity contribution is -0.129. The first-order chi connectivity index (χ1) is 9.90. The van der Waals surface area contributed by atoms with Crippen molar-refractivity contribution in [1.82, 2.24) is 10.6 Å². The van der Waals surface area contributed by atoms with E-state index in [1.54, 1.807) is 6.07 Å². The number of hydrogen-bond donors (Lipinski definition) is 2. The molecule has 0 unspecified atom stereocenters. The maximum Gasteiger partial charge on any atom is 0.239 e. The maximum atomic E-state index is 13.3. The fraction of sp³-hybridized carbons (Fsp3) is 0.562. The van der Waals surface area contributed by atoms with Crippen molar-refractivity contribution >= 4 is 5.91 Å². The van der Waals surface area contributed by atoms with Gasteiger partial charge in [0.25, 0.3) is 0 Å². The van der Waals surface area contributed by atoms with Gasteiger partial charge in [0.2, 0.25) is 5.91 Å². The summed E-state index contributed by atoms with van der Waals surface area (Å²) in [5, 5.41) is 6.09. The number of ether oxygens (including phenoxy) is 1. The molecular formula is C16H23FN2O2. The van der Waals surface area contributed by atoms with Crippen LogP contribution < -0.4 is 10.6 Å². The van der Waals surface area contributed by atoms with E-state index in [9.17, 15) is 9.18 Å². The van der Waals surface area contributed by atoms with Crippen LogP contribution >= 0.6 is 0 Å². The molecule has 0 saturated carbocycles. The van der Waals surface area contributed by atoms with Gasteiger partial charge in [0.15, 0.2) is 0 Å². The Kier molecular flexibility index (Phi) is 4.96.